The normalized spacial score (nSPS) is 13.4. The number of nitrogens with zero attached hydrogens (tertiary/aromatic N) is 2. The van der Waals surface area contributed by atoms with E-state index in [1.807, 2.05) is 9.97 Å². The molecule has 80 valence electrons. The van der Waals surface area contributed by atoms with Gasteiger partial charge in [-0.15, -0.1) is 0 Å². The number of alkyl halides is 5. The maximum atomic E-state index is 12.3. The fraction of sp³-hybridized carbons (Fsp3) is 0.400. The highest BCUT2D eigenvalue weighted by atomic mass is 19.4. The molecule has 0 saturated heterocycles. The molecule has 0 fully saturated rings. The van der Waals surface area contributed by atoms with Crippen molar-refractivity contribution in [1.29, 1.82) is 0 Å². The highest BCUT2D eigenvalue weighted by Gasteiger charge is 2.57. The van der Waals surface area contributed by atoms with Crippen molar-refractivity contribution < 1.29 is 30.7 Å². The average molecular weight is 221 g/mol. The summed E-state index contributed by atoms with van der Waals surface area (Å²) in [6.45, 7) is 0. The van der Waals surface area contributed by atoms with E-state index in [4.69, 9.17) is 0 Å². The van der Waals surface area contributed by atoms with Crippen molar-refractivity contribution in [3.8, 4) is 0 Å². The van der Waals surface area contributed by atoms with Gasteiger partial charge in [-0.1, -0.05) is 0 Å². The molecule has 0 aliphatic rings. The second-order valence-corrected chi connectivity index (χ2v) is 2.20. The lowest BCUT2D eigenvalue weighted by Crippen LogP contribution is -2.35. The van der Waals surface area contributed by atoms with Crippen LogP contribution in [-0.4, -0.2) is 11.2 Å². The first-order valence-corrected chi connectivity index (χ1v) is 2.97. The molecule has 0 spiro atoms. The predicted molar refractivity (Wildman–Crippen MR) is 27.4 cm³/mol. The highest BCUT2D eigenvalue weighted by molar-refractivity contribution is 5.02. The van der Waals surface area contributed by atoms with Crippen molar-refractivity contribution in [2.24, 2.45) is 0 Å². The minimum absolute atomic E-state index is 2.03. The zero-order valence-corrected chi connectivity index (χ0v) is 6.04. The number of hydrogen-bond acceptors (Lipinski definition) is 1. The maximum Gasteiger partial charge on any atom is 0.457 e. The van der Waals surface area contributed by atoms with Gasteiger partial charge in [0, 0.05) is 5.82 Å². The molecule has 9 heteroatoms. The van der Waals surface area contributed by atoms with Crippen molar-refractivity contribution in [3.63, 3.8) is 0 Å². The Kier molecular flexibility index (Phi) is 2.20. The minimum atomic E-state index is -5.99. The fourth-order valence-corrected chi connectivity index (χ4v) is 0.570. The summed E-state index contributed by atoms with van der Waals surface area (Å²) in [4.78, 5) is 4.05. The van der Waals surface area contributed by atoms with Gasteiger partial charge in [-0.3, -0.25) is 0 Å². The second kappa shape index (κ2) is 2.85. The monoisotopic (exact) mass is 221 g/mol. The second-order valence-electron chi connectivity index (χ2n) is 2.20. The van der Waals surface area contributed by atoms with Gasteiger partial charge in [0.25, 0.3) is 0 Å². The predicted octanol–water partition coefficient (Wildman–Crippen LogP) is 1.97. The number of halogens is 7. The highest BCUT2D eigenvalue weighted by Crippen LogP contribution is 2.42. The standard InChI is InChI=1S/C5F7N2/c6-1-2(7)14-3(13-1)4(8,9)5(10,11)12/q-1. The number of rotatable bonds is 1. The van der Waals surface area contributed by atoms with E-state index in [9.17, 15) is 30.7 Å². The average Bonchev–Trinajstić information content (AvgIpc) is 2.30. The van der Waals surface area contributed by atoms with Gasteiger partial charge in [0.2, 0.25) is 0 Å². The smallest absolute Gasteiger partial charge is 0.407 e. The molecule has 2 nitrogen and oxygen atoms in total. The molecule has 1 aromatic heterocycles. The Hall–Kier alpha value is -1.28. The molecule has 0 amide bonds. The summed E-state index contributed by atoms with van der Waals surface area (Å²) in [5.74, 6) is -11.9. The van der Waals surface area contributed by atoms with Crippen LogP contribution in [0.4, 0.5) is 30.7 Å². The fourth-order valence-electron chi connectivity index (χ4n) is 0.570. The van der Waals surface area contributed by atoms with Gasteiger partial charge in [-0.05, 0) is 0 Å². The molecular formula is C5F7N2-. The van der Waals surface area contributed by atoms with Crippen LogP contribution in [-0.2, 0) is 5.92 Å². The van der Waals surface area contributed by atoms with E-state index in [-0.39, 0.29) is 0 Å². The first-order chi connectivity index (χ1) is 6.16. The van der Waals surface area contributed by atoms with Crippen LogP contribution < -0.4 is 4.98 Å². The van der Waals surface area contributed by atoms with Gasteiger partial charge in [-0.2, -0.15) is 22.0 Å². The number of hydrogen-bond donors (Lipinski definition) is 0. The maximum absolute atomic E-state index is 12.3. The lowest BCUT2D eigenvalue weighted by molar-refractivity contribution is -0.292. The molecule has 14 heavy (non-hydrogen) atoms. The van der Waals surface area contributed by atoms with Gasteiger partial charge < -0.3 is 9.97 Å². The van der Waals surface area contributed by atoms with Crippen LogP contribution in [0.1, 0.15) is 5.82 Å². The summed E-state index contributed by atoms with van der Waals surface area (Å²) in [5, 5.41) is 0. The molecule has 0 aliphatic heterocycles. The van der Waals surface area contributed by atoms with Crippen molar-refractivity contribution >= 4 is 0 Å². The van der Waals surface area contributed by atoms with Gasteiger partial charge in [0.15, 0.2) is 0 Å². The van der Waals surface area contributed by atoms with Gasteiger partial charge >= 0.3 is 12.1 Å². The summed E-state index contributed by atoms with van der Waals surface area (Å²) < 4.78 is 83.3. The third-order valence-electron chi connectivity index (χ3n) is 1.22. The summed E-state index contributed by atoms with van der Waals surface area (Å²) in [6.07, 6.45) is -5.99. The molecule has 0 N–H and O–H groups in total. The zero-order chi connectivity index (χ0) is 11.1. The van der Waals surface area contributed by atoms with Gasteiger partial charge in [0.1, 0.15) is 11.9 Å². The van der Waals surface area contributed by atoms with Gasteiger partial charge in [0.05, 0.1) is 0 Å². The Morgan fingerprint density at radius 1 is 1.00 bits per heavy atom. The van der Waals surface area contributed by atoms with Crippen LogP contribution in [0.2, 0.25) is 0 Å². The molecule has 1 rings (SSSR count). The van der Waals surface area contributed by atoms with Crippen LogP contribution >= 0.6 is 0 Å². The lowest BCUT2D eigenvalue weighted by Gasteiger charge is -2.21. The van der Waals surface area contributed by atoms with Crippen molar-refractivity contribution in [2.75, 3.05) is 0 Å². The zero-order valence-electron chi connectivity index (χ0n) is 6.04. The first kappa shape index (κ1) is 10.8. The molecule has 0 bridgehead atoms. The molecule has 0 saturated carbocycles. The molecular weight excluding hydrogens is 221 g/mol. The Morgan fingerprint density at radius 3 is 1.79 bits per heavy atom. The van der Waals surface area contributed by atoms with Crippen molar-refractivity contribution in [3.05, 3.63) is 17.7 Å². The van der Waals surface area contributed by atoms with E-state index < -0.39 is 29.8 Å². The molecule has 0 aromatic carbocycles. The lowest BCUT2D eigenvalue weighted by atomic mass is 10.3. The summed E-state index contributed by atoms with van der Waals surface area (Å²) in [7, 11) is 0. The largest absolute Gasteiger partial charge is 0.457 e. The number of imidazole rings is 1. The molecule has 1 aromatic rings. The minimum Gasteiger partial charge on any atom is -0.407 e. The molecule has 0 aliphatic carbocycles. The van der Waals surface area contributed by atoms with Crippen LogP contribution in [0.25, 0.3) is 0 Å². The van der Waals surface area contributed by atoms with E-state index in [0.717, 1.165) is 0 Å². The van der Waals surface area contributed by atoms with Crippen molar-refractivity contribution in [2.45, 2.75) is 12.1 Å². The van der Waals surface area contributed by atoms with Crippen LogP contribution in [0, 0.1) is 11.9 Å². The van der Waals surface area contributed by atoms with E-state index in [2.05, 4.69) is 0 Å². The summed E-state index contributed by atoms with van der Waals surface area (Å²) >= 11 is 0. The van der Waals surface area contributed by atoms with E-state index in [1.54, 1.807) is 0 Å². The summed E-state index contributed by atoms with van der Waals surface area (Å²) in [6, 6.07) is 0. The third kappa shape index (κ3) is 1.53. The molecule has 0 atom stereocenters. The van der Waals surface area contributed by atoms with E-state index in [0.29, 0.717) is 0 Å². The van der Waals surface area contributed by atoms with E-state index in [1.165, 1.54) is 0 Å². The SMILES string of the molecule is Fc1nc(C(F)(F)C(F)(F)F)[n-]c1F. The van der Waals surface area contributed by atoms with Crippen LogP contribution in [0.3, 0.4) is 0 Å². The molecule has 0 radical (unpaired) electrons. The molecule has 0 unspecified atom stereocenters. The number of aromatic nitrogens is 2. The van der Waals surface area contributed by atoms with Crippen molar-refractivity contribution in [1.82, 2.24) is 9.97 Å². The Balaban J connectivity index is 3.16. The summed E-state index contributed by atoms with van der Waals surface area (Å²) in [5.41, 5.74) is 0. The third-order valence-corrected chi connectivity index (χ3v) is 1.22. The topological polar surface area (TPSA) is 27.0 Å². The quantitative estimate of drug-likeness (QED) is 0.678. The van der Waals surface area contributed by atoms with Gasteiger partial charge in [-0.25, -0.2) is 8.78 Å². The molecule has 1 heterocycles. The Bertz CT molecular complexity index is 319. The first-order valence-electron chi connectivity index (χ1n) is 2.97. The Labute approximate surface area is 71.7 Å². The van der Waals surface area contributed by atoms with E-state index >= 15 is 0 Å². The Morgan fingerprint density at radius 2 is 1.50 bits per heavy atom. The van der Waals surface area contributed by atoms with Crippen LogP contribution in [0.15, 0.2) is 0 Å². The van der Waals surface area contributed by atoms with Crippen LogP contribution in [0.5, 0.6) is 0 Å².